The van der Waals surface area contributed by atoms with Gasteiger partial charge in [0.25, 0.3) is 11.8 Å². The van der Waals surface area contributed by atoms with Crippen LogP contribution in [0.4, 0.5) is 11.4 Å². The number of benzene rings is 2. The van der Waals surface area contributed by atoms with Crippen LogP contribution >= 0.6 is 0 Å². The van der Waals surface area contributed by atoms with Gasteiger partial charge in [-0.3, -0.25) is 19.3 Å². The number of fused-ring (bicyclic) bond motifs is 3. The van der Waals surface area contributed by atoms with Gasteiger partial charge in [-0.25, -0.2) is 0 Å². The van der Waals surface area contributed by atoms with Gasteiger partial charge in [0.05, 0.1) is 11.3 Å². The zero-order valence-corrected chi connectivity index (χ0v) is 13.2. The first kappa shape index (κ1) is 15.2. The molecular weight excluding hydrogens is 322 g/mol. The van der Waals surface area contributed by atoms with Gasteiger partial charge >= 0.3 is 0 Å². The first-order valence-corrected chi connectivity index (χ1v) is 7.86. The molecule has 0 aromatic heterocycles. The molecule has 0 spiro atoms. The Morgan fingerprint density at radius 2 is 1.84 bits per heavy atom. The van der Waals surface area contributed by atoms with Crippen molar-refractivity contribution in [1.82, 2.24) is 5.32 Å². The Labute approximate surface area is 143 Å². The van der Waals surface area contributed by atoms with Gasteiger partial charge in [-0.2, -0.15) is 0 Å². The van der Waals surface area contributed by atoms with E-state index in [0.29, 0.717) is 16.9 Å². The highest BCUT2D eigenvalue weighted by Crippen LogP contribution is 2.39. The van der Waals surface area contributed by atoms with E-state index in [1.807, 2.05) is 0 Å². The number of carbonyl (C=O) groups is 3. The summed E-state index contributed by atoms with van der Waals surface area (Å²) < 4.78 is 0. The van der Waals surface area contributed by atoms with Crippen molar-refractivity contribution in [3.63, 3.8) is 0 Å². The average molecular weight is 337 g/mol. The minimum Gasteiger partial charge on any atom is -0.508 e. The summed E-state index contributed by atoms with van der Waals surface area (Å²) in [7, 11) is 0. The smallest absolute Gasteiger partial charge is 0.271 e. The molecule has 7 nitrogen and oxygen atoms in total. The van der Waals surface area contributed by atoms with E-state index in [4.69, 9.17) is 0 Å². The quantitative estimate of drug-likeness (QED) is 0.725. The van der Waals surface area contributed by atoms with Crippen molar-refractivity contribution in [1.29, 1.82) is 0 Å². The number of nitrogens with one attached hydrogen (secondary N) is 2. The van der Waals surface area contributed by atoms with Gasteiger partial charge in [0.2, 0.25) is 11.6 Å². The predicted molar refractivity (Wildman–Crippen MR) is 90.1 cm³/mol. The second-order valence-corrected chi connectivity index (χ2v) is 6.06. The molecule has 0 bridgehead atoms. The van der Waals surface area contributed by atoms with Crippen LogP contribution in [-0.2, 0) is 9.59 Å². The molecule has 25 heavy (non-hydrogen) atoms. The third-order valence-corrected chi connectivity index (χ3v) is 4.54. The van der Waals surface area contributed by atoms with Gasteiger partial charge in [0.15, 0.2) is 0 Å². The van der Waals surface area contributed by atoms with E-state index in [9.17, 15) is 19.5 Å². The molecule has 0 radical (unpaired) electrons. The second kappa shape index (κ2) is 5.34. The number of aromatic hydroxyl groups is 1. The minimum absolute atomic E-state index is 0.0775. The molecule has 1 fully saturated rings. The summed E-state index contributed by atoms with van der Waals surface area (Å²) in [6.45, 7) is 0. The fourth-order valence-corrected chi connectivity index (χ4v) is 3.35. The summed E-state index contributed by atoms with van der Waals surface area (Å²) in [5.74, 6) is -1.02. The van der Waals surface area contributed by atoms with Crippen molar-refractivity contribution in [3.05, 3.63) is 54.1 Å². The lowest BCUT2D eigenvalue weighted by molar-refractivity contribution is -0.124. The first-order valence-electron chi connectivity index (χ1n) is 7.86. The van der Waals surface area contributed by atoms with Crippen LogP contribution < -0.4 is 15.5 Å². The van der Waals surface area contributed by atoms with E-state index in [-0.39, 0.29) is 30.4 Å². The molecule has 2 aromatic carbocycles. The predicted octanol–water partition coefficient (Wildman–Crippen LogP) is 1.60. The Morgan fingerprint density at radius 3 is 2.60 bits per heavy atom. The molecule has 4 rings (SSSR count). The third-order valence-electron chi connectivity index (χ3n) is 4.54. The van der Waals surface area contributed by atoms with Gasteiger partial charge < -0.3 is 15.7 Å². The number of hydrogen-bond acceptors (Lipinski definition) is 4. The summed E-state index contributed by atoms with van der Waals surface area (Å²) in [5.41, 5.74) is -0.176. The number of nitrogens with zero attached hydrogens (tertiary/aromatic N) is 1. The first-order chi connectivity index (χ1) is 12.0. The molecule has 7 heteroatoms. The van der Waals surface area contributed by atoms with Crippen LogP contribution in [0, 0.1) is 0 Å². The summed E-state index contributed by atoms with van der Waals surface area (Å²) in [4.78, 5) is 39.3. The number of para-hydroxylation sites is 1. The van der Waals surface area contributed by atoms with Crippen LogP contribution in [0.25, 0.3) is 0 Å². The molecule has 2 aromatic rings. The average Bonchev–Trinajstić information content (AvgIpc) is 2.95. The molecule has 0 aliphatic carbocycles. The topological polar surface area (TPSA) is 98.7 Å². The maximum Gasteiger partial charge on any atom is 0.271 e. The monoisotopic (exact) mass is 337 g/mol. The molecule has 2 heterocycles. The van der Waals surface area contributed by atoms with Gasteiger partial charge in [0, 0.05) is 18.5 Å². The van der Waals surface area contributed by atoms with Gasteiger partial charge in [-0.05, 0) is 36.4 Å². The lowest BCUT2D eigenvalue weighted by Crippen LogP contribution is -2.68. The van der Waals surface area contributed by atoms with Crippen LogP contribution in [-0.4, -0.2) is 28.5 Å². The lowest BCUT2D eigenvalue weighted by Gasteiger charge is -2.41. The molecule has 0 unspecified atom stereocenters. The van der Waals surface area contributed by atoms with E-state index in [2.05, 4.69) is 10.6 Å². The Kier molecular flexibility index (Phi) is 3.24. The van der Waals surface area contributed by atoms with Crippen LogP contribution in [0.15, 0.2) is 48.5 Å². The van der Waals surface area contributed by atoms with Crippen LogP contribution in [0.2, 0.25) is 0 Å². The number of phenols is 1. The molecule has 1 saturated heterocycles. The molecule has 3 amide bonds. The fraction of sp³-hybridized carbons (Fsp3) is 0.167. The van der Waals surface area contributed by atoms with E-state index < -0.39 is 11.6 Å². The number of carbonyl (C=O) groups excluding carboxylic acids is 3. The van der Waals surface area contributed by atoms with Crippen molar-refractivity contribution >= 4 is 29.1 Å². The zero-order chi connectivity index (χ0) is 17.6. The molecule has 2 aliphatic rings. The van der Waals surface area contributed by atoms with Crippen molar-refractivity contribution in [2.75, 3.05) is 10.2 Å². The second-order valence-electron chi connectivity index (χ2n) is 6.06. The Morgan fingerprint density at radius 1 is 1.12 bits per heavy atom. The highest BCUT2D eigenvalue weighted by atomic mass is 16.3. The maximum absolute atomic E-state index is 13.0. The van der Waals surface area contributed by atoms with Crippen LogP contribution in [0.1, 0.15) is 23.2 Å². The van der Waals surface area contributed by atoms with Crippen molar-refractivity contribution in [2.45, 2.75) is 18.5 Å². The van der Waals surface area contributed by atoms with Crippen LogP contribution in [0.5, 0.6) is 5.75 Å². The number of amides is 3. The Bertz CT molecular complexity index is 893. The summed E-state index contributed by atoms with van der Waals surface area (Å²) >= 11 is 0. The molecule has 0 saturated carbocycles. The molecule has 2 aliphatic heterocycles. The standard InChI is InChI=1S/C18H15N3O4/c22-12-7-5-11(6-8-12)19-17(25)18-10-9-15(23)21(18)14-4-2-1-3-13(14)16(24)20-18/h1-8,22H,9-10H2,(H,19,25)(H,20,24)/t18-/m0/s1. The number of rotatable bonds is 2. The maximum atomic E-state index is 13.0. The normalized spacial score (nSPS) is 21.4. The number of phenolic OH excluding ortho intramolecular Hbond substituents is 1. The zero-order valence-electron chi connectivity index (χ0n) is 13.2. The Balaban J connectivity index is 1.74. The summed E-state index contributed by atoms with van der Waals surface area (Å²) in [6, 6.07) is 12.7. The van der Waals surface area contributed by atoms with Crippen molar-refractivity contribution in [3.8, 4) is 5.75 Å². The largest absolute Gasteiger partial charge is 0.508 e. The number of anilines is 2. The Hall–Kier alpha value is -3.35. The fourth-order valence-electron chi connectivity index (χ4n) is 3.35. The van der Waals surface area contributed by atoms with Crippen molar-refractivity contribution in [2.24, 2.45) is 0 Å². The van der Waals surface area contributed by atoms with E-state index in [0.717, 1.165) is 0 Å². The van der Waals surface area contributed by atoms with E-state index in [1.165, 1.54) is 17.0 Å². The molecule has 1 atom stereocenters. The van der Waals surface area contributed by atoms with Gasteiger partial charge in [-0.15, -0.1) is 0 Å². The van der Waals surface area contributed by atoms with Gasteiger partial charge in [0.1, 0.15) is 5.75 Å². The van der Waals surface area contributed by atoms with E-state index in [1.54, 1.807) is 36.4 Å². The van der Waals surface area contributed by atoms with Crippen molar-refractivity contribution < 1.29 is 19.5 Å². The van der Waals surface area contributed by atoms with Crippen LogP contribution in [0.3, 0.4) is 0 Å². The highest BCUT2D eigenvalue weighted by molar-refractivity contribution is 6.18. The molecule has 3 N–H and O–H groups in total. The highest BCUT2D eigenvalue weighted by Gasteiger charge is 2.56. The van der Waals surface area contributed by atoms with Gasteiger partial charge in [-0.1, -0.05) is 12.1 Å². The SMILES string of the molecule is O=C1N[C@@]2(C(=O)Nc3ccc(O)cc3)CCC(=O)N2c2ccccc21. The summed E-state index contributed by atoms with van der Waals surface area (Å²) in [5, 5.41) is 14.8. The summed E-state index contributed by atoms with van der Waals surface area (Å²) in [6.07, 6.45) is 0.355. The minimum atomic E-state index is -1.44. The molecular formula is C18H15N3O4. The third kappa shape index (κ3) is 2.24. The number of hydrogen-bond donors (Lipinski definition) is 3. The molecule has 126 valence electrons. The lowest BCUT2D eigenvalue weighted by atomic mass is 9.98. The van der Waals surface area contributed by atoms with E-state index >= 15 is 0 Å².